The highest BCUT2D eigenvalue weighted by Gasteiger charge is 2.13. The summed E-state index contributed by atoms with van der Waals surface area (Å²) in [7, 11) is 7.94. The van der Waals surface area contributed by atoms with Crippen molar-refractivity contribution in [1.29, 1.82) is 0 Å². The maximum absolute atomic E-state index is 12.3. The lowest BCUT2D eigenvalue weighted by Gasteiger charge is -2.22. The molecule has 1 atom stereocenters. The van der Waals surface area contributed by atoms with Crippen molar-refractivity contribution < 1.29 is 4.79 Å². The van der Waals surface area contributed by atoms with Crippen LogP contribution in [0, 0.1) is 0 Å². The lowest BCUT2D eigenvalue weighted by atomic mass is 10.2. The molecule has 5 heteroatoms. The highest BCUT2D eigenvalue weighted by molar-refractivity contribution is 8.76. The van der Waals surface area contributed by atoms with Gasteiger partial charge in [-0.05, 0) is 65.5 Å². The molecule has 0 aromatic rings. The number of carbonyl (C=O) groups excluding carboxylic acids is 1. The molecule has 0 bridgehead atoms. The Bertz CT molecular complexity index is 528. The van der Waals surface area contributed by atoms with Gasteiger partial charge in [-0.1, -0.05) is 84.0 Å². The molecule has 0 aliphatic heterocycles. The highest BCUT2D eigenvalue weighted by Crippen LogP contribution is 2.23. The van der Waals surface area contributed by atoms with Gasteiger partial charge in [0.1, 0.15) is 0 Å². The van der Waals surface area contributed by atoms with Crippen LogP contribution in [0.1, 0.15) is 71.6 Å². The van der Waals surface area contributed by atoms with Gasteiger partial charge in [0.25, 0.3) is 0 Å². The zero-order chi connectivity index (χ0) is 23.0. The van der Waals surface area contributed by atoms with Crippen LogP contribution in [-0.4, -0.2) is 49.0 Å². The molecule has 0 spiro atoms. The number of amides is 1. The van der Waals surface area contributed by atoms with E-state index in [1.165, 1.54) is 6.42 Å². The van der Waals surface area contributed by atoms with E-state index >= 15 is 0 Å². The van der Waals surface area contributed by atoms with E-state index in [1.54, 1.807) is 0 Å². The standard InChI is InChI=1S/C26H46N2OS2/c1-5-7-9-11-13-15-17-19-21-26(29)27-25(23-28(3)4)24-31-30-22-20-18-16-14-12-10-8-6-2/h7-10,13-16,25H,5-6,11-12,17-24H2,1-4H3,(H,27,29)/b9-7-,10-8-,15-13-,16-14-. The first-order valence-electron chi connectivity index (χ1n) is 11.9. The van der Waals surface area contributed by atoms with E-state index in [0.29, 0.717) is 6.42 Å². The van der Waals surface area contributed by atoms with E-state index in [2.05, 4.69) is 86.8 Å². The molecule has 0 rings (SSSR count). The fourth-order valence-electron chi connectivity index (χ4n) is 2.82. The molecule has 3 nitrogen and oxygen atoms in total. The monoisotopic (exact) mass is 466 g/mol. The van der Waals surface area contributed by atoms with Crippen LogP contribution in [0.4, 0.5) is 0 Å². The van der Waals surface area contributed by atoms with Gasteiger partial charge in [-0.3, -0.25) is 4.79 Å². The maximum atomic E-state index is 12.3. The number of hydrogen-bond donors (Lipinski definition) is 1. The van der Waals surface area contributed by atoms with Crippen LogP contribution in [-0.2, 0) is 4.79 Å². The fraction of sp³-hybridized carbons (Fsp3) is 0.654. The van der Waals surface area contributed by atoms with Gasteiger partial charge in [0.15, 0.2) is 0 Å². The van der Waals surface area contributed by atoms with Gasteiger partial charge in [-0.2, -0.15) is 0 Å². The summed E-state index contributed by atoms with van der Waals surface area (Å²) in [5.74, 6) is 2.29. The molecule has 0 aliphatic carbocycles. The molecule has 1 amide bonds. The van der Waals surface area contributed by atoms with Crippen LogP contribution < -0.4 is 5.32 Å². The molecule has 0 saturated heterocycles. The van der Waals surface area contributed by atoms with Gasteiger partial charge in [0.2, 0.25) is 5.91 Å². The molecule has 31 heavy (non-hydrogen) atoms. The van der Waals surface area contributed by atoms with Crippen molar-refractivity contribution in [3.8, 4) is 0 Å². The summed E-state index contributed by atoms with van der Waals surface area (Å²) >= 11 is 0. The average molecular weight is 467 g/mol. The Balaban J connectivity index is 3.93. The summed E-state index contributed by atoms with van der Waals surface area (Å²) in [5, 5.41) is 3.24. The molecule has 0 fully saturated rings. The number of hydrogen-bond acceptors (Lipinski definition) is 4. The predicted molar refractivity (Wildman–Crippen MR) is 145 cm³/mol. The smallest absolute Gasteiger partial charge is 0.220 e. The molecule has 0 heterocycles. The lowest BCUT2D eigenvalue weighted by molar-refractivity contribution is -0.121. The Morgan fingerprint density at radius 3 is 2.00 bits per heavy atom. The topological polar surface area (TPSA) is 32.3 Å². The molecule has 0 radical (unpaired) electrons. The largest absolute Gasteiger partial charge is 0.351 e. The zero-order valence-electron chi connectivity index (χ0n) is 20.4. The number of allylic oxidation sites excluding steroid dienone is 8. The normalized spacial score (nSPS) is 13.5. The number of rotatable bonds is 20. The van der Waals surface area contributed by atoms with E-state index in [-0.39, 0.29) is 11.9 Å². The Morgan fingerprint density at radius 2 is 1.42 bits per heavy atom. The maximum Gasteiger partial charge on any atom is 0.220 e. The third-order valence-corrected chi connectivity index (χ3v) is 6.93. The van der Waals surface area contributed by atoms with Crippen molar-refractivity contribution >= 4 is 27.5 Å². The molecular weight excluding hydrogens is 420 g/mol. The molecule has 0 aromatic heterocycles. The van der Waals surface area contributed by atoms with Crippen molar-refractivity contribution in [2.75, 3.05) is 32.1 Å². The first-order chi connectivity index (χ1) is 15.1. The van der Waals surface area contributed by atoms with E-state index in [4.69, 9.17) is 0 Å². The van der Waals surface area contributed by atoms with Crippen LogP contribution in [0.15, 0.2) is 48.6 Å². The molecule has 1 N–H and O–H groups in total. The van der Waals surface area contributed by atoms with Crippen LogP contribution >= 0.6 is 21.6 Å². The minimum atomic E-state index is 0.180. The first-order valence-corrected chi connectivity index (χ1v) is 14.4. The summed E-state index contributed by atoms with van der Waals surface area (Å²) in [6, 6.07) is 0.208. The van der Waals surface area contributed by atoms with Crippen molar-refractivity contribution in [2.45, 2.75) is 77.7 Å². The molecule has 0 aromatic carbocycles. The number of likely N-dealkylation sites (N-methyl/N-ethyl adjacent to an activating group) is 1. The van der Waals surface area contributed by atoms with E-state index in [1.807, 2.05) is 21.6 Å². The number of unbranched alkanes of at least 4 members (excludes halogenated alkanes) is 2. The van der Waals surface area contributed by atoms with Gasteiger partial charge < -0.3 is 10.2 Å². The van der Waals surface area contributed by atoms with Crippen LogP contribution in [0.5, 0.6) is 0 Å². The summed E-state index contributed by atoms with van der Waals surface area (Å²) in [4.78, 5) is 14.5. The van der Waals surface area contributed by atoms with Gasteiger partial charge in [0, 0.05) is 24.5 Å². The van der Waals surface area contributed by atoms with E-state index in [0.717, 1.165) is 63.0 Å². The molecule has 178 valence electrons. The first kappa shape index (κ1) is 30.1. The van der Waals surface area contributed by atoms with Crippen LogP contribution in [0.3, 0.4) is 0 Å². The molecule has 0 saturated carbocycles. The van der Waals surface area contributed by atoms with Gasteiger partial charge in [-0.15, -0.1) is 0 Å². The SMILES string of the molecule is CC/C=C\C/C=C\CCCSSCC(CN(C)C)NC(=O)CCC/C=C\C/C=C\CC. The summed E-state index contributed by atoms with van der Waals surface area (Å²) in [6.07, 6.45) is 26.8. The van der Waals surface area contributed by atoms with Gasteiger partial charge in [0.05, 0.1) is 6.04 Å². The number of nitrogens with zero attached hydrogens (tertiary/aromatic N) is 1. The Morgan fingerprint density at radius 1 is 0.839 bits per heavy atom. The molecule has 1 unspecified atom stereocenters. The van der Waals surface area contributed by atoms with Crippen molar-refractivity contribution in [1.82, 2.24) is 10.2 Å². The summed E-state index contributed by atoms with van der Waals surface area (Å²) in [5.41, 5.74) is 0. The Kier molecular flexibility index (Phi) is 23.0. The van der Waals surface area contributed by atoms with Crippen molar-refractivity contribution in [3.05, 3.63) is 48.6 Å². The predicted octanol–water partition coefficient (Wildman–Crippen LogP) is 7.19. The lowest BCUT2D eigenvalue weighted by Crippen LogP contribution is -2.43. The highest BCUT2D eigenvalue weighted by atomic mass is 33.1. The van der Waals surface area contributed by atoms with Gasteiger partial charge >= 0.3 is 0 Å². The molecular formula is C26H46N2OS2. The van der Waals surface area contributed by atoms with Crippen molar-refractivity contribution in [2.24, 2.45) is 0 Å². The molecule has 0 aliphatic rings. The second kappa shape index (κ2) is 23.7. The number of carbonyl (C=O) groups is 1. The number of nitrogens with one attached hydrogen (secondary N) is 1. The summed E-state index contributed by atoms with van der Waals surface area (Å²) in [6.45, 7) is 5.19. The van der Waals surface area contributed by atoms with Crippen LogP contribution in [0.2, 0.25) is 0 Å². The minimum absolute atomic E-state index is 0.180. The Labute approximate surface area is 200 Å². The zero-order valence-corrected chi connectivity index (χ0v) is 22.0. The summed E-state index contributed by atoms with van der Waals surface area (Å²) < 4.78 is 0. The minimum Gasteiger partial charge on any atom is -0.351 e. The quantitative estimate of drug-likeness (QED) is 0.117. The second-order valence-corrected chi connectivity index (χ2v) is 10.5. The van der Waals surface area contributed by atoms with Crippen LogP contribution in [0.25, 0.3) is 0 Å². The van der Waals surface area contributed by atoms with E-state index in [9.17, 15) is 4.79 Å². The van der Waals surface area contributed by atoms with E-state index < -0.39 is 0 Å². The third-order valence-electron chi connectivity index (χ3n) is 4.36. The van der Waals surface area contributed by atoms with Gasteiger partial charge in [-0.25, -0.2) is 0 Å². The second-order valence-electron chi connectivity index (χ2n) is 7.84. The Hall–Kier alpha value is -0.910. The third kappa shape index (κ3) is 23.6. The average Bonchev–Trinajstić information content (AvgIpc) is 2.73. The van der Waals surface area contributed by atoms with Crippen molar-refractivity contribution in [3.63, 3.8) is 0 Å². The fourth-order valence-corrected chi connectivity index (χ4v) is 5.16.